The number of halogens is 1. The Balaban J connectivity index is 3.16. The van der Waals surface area contributed by atoms with Crippen LogP contribution in [0, 0.1) is 4.91 Å². The fourth-order valence-electron chi connectivity index (χ4n) is 0.730. The minimum Gasteiger partial charge on any atom is -0.207 e. The Kier molecular flexibility index (Phi) is 2.53. The minimum atomic E-state index is -3.80. The summed E-state index contributed by atoms with van der Waals surface area (Å²) >= 11 is 0. The summed E-state index contributed by atoms with van der Waals surface area (Å²) in [6.45, 7) is 0. The maximum atomic E-state index is 10.7. The van der Waals surface area contributed by atoms with Gasteiger partial charge in [-0.3, -0.25) is 0 Å². The summed E-state index contributed by atoms with van der Waals surface area (Å²) < 4.78 is 21.4. The van der Waals surface area contributed by atoms with E-state index in [-0.39, 0.29) is 10.6 Å². The monoisotopic (exact) mass is 221 g/mol. The summed E-state index contributed by atoms with van der Waals surface area (Å²) in [4.78, 5) is 9.41. The normalized spacial score (nSPS) is 11.2. The molecule has 1 aromatic rings. The molecule has 5 nitrogen and oxygen atoms in total. The third-order valence-electron chi connectivity index (χ3n) is 1.33. The standard InChI is InChI=1S/C6H4ClNO4S/c7-13(11,12)6-3-1-5(2-4-6)8(9)10/h1-4H/q+1. The summed E-state index contributed by atoms with van der Waals surface area (Å²) in [7, 11) is 1.20. The van der Waals surface area contributed by atoms with Crippen molar-refractivity contribution in [3.63, 3.8) is 0 Å². The van der Waals surface area contributed by atoms with Gasteiger partial charge < -0.3 is 0 Å². The summed E-state index contributed by atoms with van der Waals surface area (Å²) in [5, 5.41) is 10.2. The van der Waals surface area contributed by atoms with Crippen molar-refractivity contribution in [2.75, 3.05) is 0 Å². The van der Waals surface area contributed by atoms with E-state index in [2.05, 4.69) is 0 Å². The van der Waals surface area contributed by atoms with E-state index in [9.17, 15) is 18.5 Å². The number of nitrogens with zero attached hydrogens (tertiary/aromatic N) is 1. The lowest BCUT2D eigenvalue weighted by Crippen LogP contribution is -1.92. The van der Waals surface area contributed by atoms with Crippen LogP contribution in [0.4, 0.5) is 5.69 Å². The van der Waals surface area contributed by atoms with E-state index in [0.29, 0.717) is 0 Å². The summed E-state index contributed by atoms with van der Waals surface area (Å²) in [6, 6.07) is 4.32. The lowest BCUT2D eigenvalue weighted by Gasteiger charge is -1.91. The first kappa shape index (κ1) is 9.94. The van der Waals surface area contributed by atoms with Gasteiger partial charge in [0.1, 0.15) is 0 Å². The molecule has 7 heteroatoms. The van der Waals surface area contributed by atoms with Crippen LogP contribution < -0.4 is 0 Å². The van der Waals surface area contributed by atoms with Gasteiger partial charge in [0, 0.05) is 22.8 Å². The Morgan fingerprint density at radius 3 is 1.92 bits per heavy atom. The van der Waals surface area contributed by atoms with Crippen LogP contribution in [0.15, 0.2) is 29.2 Å². The van der Waals surface area contributed by atoms with Crippen molar-refractivity contribution in [1.29, 1.82) is 0 Å². The average Bonchev–Trinajstić information content (AvgIpc) is 2.03. The second kappa shape index (κ2) is 3.31. The molecular formula is C6H4ClNO4S+. The summed E-state index contributed by atoms with van der Waals surface area (Å²) in [5.41, 5.74) is -0.177. The SMILES string of the molecule is [O][N+](=O)c1ccc(S(=O)(=O)Cl)cc1. The molecule has 1 radical (unpaired) electrons. The molecule has 0 fully saturated rings. The Hall–Kier alpha value is -1.14. The first-order chi connectivity index (χ1) is 5.91. The lowest BCUT2D eigenvalue weighted by molar-refractivity contribution is -0.769. The number of hydrogen-bond donors (Lipinski definition) is 0. The van der Waals surface area contributed by atoms with Crippen molar-refractivity contribution in [3.05, 3.63) is 29.2 Å². The second-order valence-electron chi connectivity index (χ2n) is 2.19. The smallest absolute Gasteiger partial charge is 0.207 e. The molecule has 0 atom stereocenters. The zero-order chi connectivity index (χ0) is 10.1. The molecule has 69 valence electrons. The van der Waals surface area contributed by atoms with Gasteiger partial charge in [-0.25, -0.2) is 8.42 Å². The van der Waals surface area contributed by atoms with Gasteiger partial charge in [0.2, 0.25) is 0 Å². The van der Waals surface area contributed by atoms with Gasteiger partial charge in [-0.05, 0) is 12.1 Å². The van der Waals surface area contributed by atoms with Crippen molar-refractivity contribution >= 4 is 25.4 Å². The third kappa shape index (κ3) is 2.40. The highest BCUT2D eigenvalue weighted by molar-refractivity contribution is 8.13. The maximum absolute atomic E-state index is 10.7. The van der Waals surface area contributed by atoms with E-state index in [4.69, 9.17) is 10.7 Å². The molecule has 0 heterocycles. The van der Waals surface area contributed by atoms with Gasteiger partial charge in [-0.15, -0.1) is 0 Å². The van der Waals surface area contributed by atoms with Crippen LogP contribution in [0.5, 0.6) is 0 Å². The number of rotatable bonds is 2. The van der Waals surface area contributed by atoms with Crippen molar-refractivity contribution in [3.8, 4) is 0 Å². The van der Waals surface area contributed by atoms with E-state index >= 15 is 0 Å². The van der Waals surface area contributed by atoms with Crippen LogP contribution in [-0.4, -0.2) is 13.3 Å². The Morgan fingerprint density at radius 1 is 1.15 bits per heavy atom. The van der Waals surface area contributed by atoms with E-state index in [1.54, 1.807) is 0 Å². The van der Waals surface area contributed by atoms with E-state index in [1.807, 2.05) is 0 Å². The maximum Gasteiger partial charge on any atom is 0.321 e. The molecular weight excluding hydrogens is 218 g/mol. The van der Waals surface area contributed by atoms with E-state index < -0.39 is 14.0 Å². The van der Waals surface area contributed by atoms with Gasteiger partial charge >= 0.3 is 10.6 Å². The predicted molar refractivity (Wildman–Crippen MR) is 43.5 cm³/mol. The lowest BCUT2D eigenvalue weighted by atomic mass is 10.3. The zero-order valence-electron chi connectivity index (χ0n) is 6.18. The number of benzene rings is 1. The molecule has 0 spiro atoms. The molecule has 0 aromatic heterocycles. The van der Waals surface area contributed by atoms with Crippen molar-refractivity contribution in [1.82, 2.24) is 0 Å². The topological polar surface area (TPSA) is 74.1 Å². The average molecular weight is 222 g/mol. The fraction of sp³-hybridized carbons (Fsp3) is 0. The largest absolute Gasteiger partial charge is 0.321 e. The highest BCUT2D eigenvalue weighted by Crippen LogP contribution is 2.18. The molecule has 0 unspecified atom stereocenters. The molecule has 0 aliphatic rings. The van der Waals surface area contributed by atoms with Crippen molar-refractivity contribution < 1.29 is 18.5 Å². The van der Waals surface area contributed by atoms with E-state index in [0.717, 1.165) is 24.3 Å². The summed E-state index contributed by atoms with van der Waals surface area (Å²) in [6.07, 6.45) is 0. The van der Waals surface area contributed by atoms with Crippen LogP contribution in [0.1, 0.15) is 0 Å². The highest BCUT2D eigenvalue weighted by atomic mass is 35.7. The van der Waals surface area contributed by atoms with Gasteiger partial charge in [-0.1, -0.05) is 0 Å². The predicted octanol–water partition coefficient (Wildman–Crippen LogP) is 1.37. The van der Waals surface area contributed by atoms with Crippen LogP contribution in [0.25, 0.3) is 0 Å². The Labute approximate surface area is 78.5 Å². The molecule has 1 aromatic carbocycles. The fourth-order valence-corrected chi connectivity index (χ4v) is 1.50. The Bertz CT molecular complexity index is 424. The van der Waals surface area contributed by atoms with Crippen LogP contribution in [0.3, 0.4) is 0 Å². The molecule has 0 saturated heterocycles. The van der Waals surface area contributed by atoms with Crippen LogP contribution in [-0.2, 0) is 14.3 Å². The Morgan fingerprint density at radius 2 is 1.62 bits per heavy atom. The molecule has 0 N–H and O–H groups in total. The molecule has 0 amide bonds. The van der Waals surface area contributed by atoms with Crippen molar-refractivity contribution in [2.45, 2.75) is 4.90 Å². The van der Waals surface area contributed by atoms with Crippen LogP contribution >= 0.6 is 10.7 Å². The summed E-state index contributed by atoms with van der Waals surface area (Å²) in [5.74, 6) is 0. The quantitative estimate of drug-likeness (QED) is 0.559. The van der Waals surface area contributed by atoms with Gasteiger partial charge in [-0.2, -0.15) is 0 Å². The zero-order valence-corrected chi connectivity index (χ0v) is 7.75. The molecule has 0 saturated carbocycles. The first-order valence-electron chi connectivity index (χ1n) is 3.10. The molecule has 0 aliphatic carbocycles. The first-order valence-corrected chi connectivity index (χ1v) is 5.41. The van der Waals surface area contributed by atoms with Gasteiger partial charge in [0.05, 0.1) is 15.0 Å². The number of hydrogen-bond acceptors (Lipinski definition) is 3. The van der Waals surface area contributed by atoms with Gasteiger partial charge in [0.25, 0.3) is 9.05 Å². The van der Waals surface area contributed by atoms with Crippen molar-refractivity contribution in [2.24, 2.45) is 0 Å². The van der Waals surface area contributed by atoms with E-state index in [1.165, 1.54) is 0 Å². The molecule has 1 rings (SSSR count). The highest BCUT2D eigenvalue weighted by Gasteiger charge is 2.16. The second-order valence-corrected chi connectivity index (χ2v) is 4.75. The molecule has 13 heavy (non-hydrogen) atoms. The minimum absolute atomic E-state index is 0.153. The molecule has 0 aliphatic heterocycles. The molecule has 0 bridgehead atoms. The third-order valence-corrected chi connectivity index (χ3v) is 2.70. The van der Waals surface area contributed by atoms with Gasteiger partial charge in [0.15, 0.2) is 0 Å². The van der Waals surface area contributed by atoms with Crippen LogP contribution in [0.2, 0.25) is 0 Å².